The Labute approximate surface area is 98.5 Å². The van der Waals surface area contributed by atoms with Gasteiger partial charge in [-0.2, -0.15) is 0 Å². The molecular weight excluding hydrogens is 204 g/mol. The molecule has 0 saturated heterocycles. The maximum absolute atomic E-state index is 11.8. The first kappa shape index (κ1) is 13.5. The normalized spacial score (nSPS) is 27.4. The zero-order valence-electron chi connectivity index (χ0n) is 10.7. The number of esters is 1. The fraction of sp³-hybridized carbons (Fsp3) is 0.923. The van der Waals surface area contributed by atoms with Gasteiger partial charge in [-0.25, -0.2) is 0 Å². The van der Waals surface area contributed by atoms with Gasteiger partial charge in [0, 0.05) is 7.11 Å². The highest BCUT2D eigenvalue weighted by atomic mass is 16.5. The van der Waals surface area contributed by atoms with E-state index in [1.807, 2.05) is 6.92 Å². The van der Waals surface area contributed by atoms with Gasteiger partial charge in [-0.05, 0) is 44.9 Å². The molecule has 1 atom stereocenters. The highest BCUT2D eigenvalue weighted by Crippen LogP contribution is 2.33. The van der Waals surface area contributed by atoms with Crippen LogP contribution in [0.1, 0.15) is 46.0 Å². The Morgan fingerprint density at radius 3 is 2.31 bits per heavy atom. The van der Waals surface area contributed by atoms with E-state index in [2.05, 4.69) is 6.92 Å². The SMILES string of the molecule is CCOC(=O)[C@H](CC)C1CCC(OC)CC1. The minimum absolute atomic E-state index is 0.00846. The summed E-state index contributed by atoms with van der Waals surface area (Å²) in [5.41, 5.74) is 0. The van der Waals surface area contributed by atoms with Crippen molar-refractivity contribution in [2.75, 3.05) is 13.7 Å². The largest absolute Gasteiger partial charge is 0.466 e. The summed E-state index contributed by atoms with van der Waals surface area (Å²) in [4.78, 5) is 11.8. The summed E-state index contributed by atoms with van der Waals surface area (Å²) in [6.07, 6.45) is 5.64. The molecule has 3 heteroatoms. The van der Waals surface area contributed by atoms with Crippen molar-refractivity contribution in [1.82, 2.24) is 0 Å². The molecule has 0 amide bonds. The summed E-state index contributed by atoms with van der Waals surface area (Å²) in [5, 5.41) is 0. The predicted octanol–water partition coefficient (Wildman–Crippen LogP) is 2.78. The summed E-state index contributed by atoms with van der Waals surface area (Å²) in [6.45, 7) is 4.43. The van der Waals surface area contributed by atoms with E-state index in [0.29, 0.717) is 18.6 Å². The molecule has 0 radical (unpaired) electrons. The molecule has 94 valence electrons. The predicted molar refractivity (Wildman–Crippen MR) is 63.2 cm³/mol. The molecule has 0 spiro atoms. The van der Waals surface area contributed by atoms with E-state index in [-0.39, 0.29) is 11.9 Å². The van der Waals surface area contributed by atoms with Gasteiger partial charge < -0.3 is 9.47 Å². The second-order valence-corrected chi connectivity index (χ2v) is 4.54. The van der Waals surface area contributed by atoms with Crippen molar-refractivity contribution in [1.29, 1.82) is 0 Å². The van der Waals surface area contributed by atoms with Crippen LogP contribution >= 0.6 is 0 Å². The minimum Gasteiger partial charge on any atom is -0.466 e. The summed E-state index contributed by atoms with van der Waals surface area (Å²) in [7, 11) is 1.77. The Kier molecular flexibility index (Phi) is 5.81. The number of rotatable bonds is 5. The Bertz CT molecular complexity index is 207. The van der Waals surface area contributed by atoms with Crippen LogP contribution in [-0.4, -0.2) is 25.8 Å². The smallest absolute Gasteiger partial charge is 0.309 e. The van der Waals surface area contributed by atoms with Gasteiger partial charge in [-0.15, -0.1) is 0 Å². The first-order valence-corrected chi connectivity index (χ1v) is 6.42. The Hall–Kier alpha value is -0.570. The lowest BCUT2D eigenvalue weighted by molar-refractivity contribution is -0.151. The third-order valence-corrected chi connectivity index (χ3v) is 3.65. The Morgan fingerprint density at radius 2 is 1.88 bits per heavy atom. The monoisotopic (exact) mass is 228 g/mol. The lowest BCUT2D eigenvalue weighted by atomic mass is 9.78. The summed E-state index contributed by atoms with van der Waals surface area (Å²) >= 11 is 0. The average molecular weight is 228 g/mol. The number of hydrogen-bond donors (Lipinski definition) is 0. The van der Waals surface area contributed by atoms with Crippen molar-refractivity contribution in [2.24, 2.45) is 11.8 Å². The van der Waals surface area contributed by atoms with Crippen LogP contribution in [0, 0.1) is 11.8 Å². The first-order chi connectivity index (χ1) is 7.72. The Balaban J connectivity index is 2.45. The zero-order chi connectivity index (χ0) is 12.0. The lowest BCUT2D eigenvalue weighted by Crippen LogP contribution is -2.30. The molecule has 1 aliphatic carbocycles. The van der Waals surface area contributed by atoms with E-state index in [4.69, 9.17) is 9.47 Å². The molecule has 1 rings (SSSR count). The molecule has 0 bridgehead atoms. The molecule has 1 aliphatic rings. The fourth-order valence-corrected chi connectivity index (χ4v) is 2.67. The summed E-state index contributed by atoms with van der Waals surface area (Å²) in [6, 6.07) is 0. The van der Waals surface area contributed by atoms with Crippen molar-refractivity contribution in [3.05, 3.63) is 0 Å². The molecular formula is C13H24O3. The molecule has 0 aliphatic heterocycles. The first-order valence-electron chi connectivity index (χ1n) is 6.42. The van der Waals surface area contributed by atoms with Gasteiger partial charge in [0.2, 0.25) is 0 Å². The van der Waals surface area contributed by atoms with E-state index < -0.39 is 0 Å². The number of methoxy groups -OCH3 is 1. The van der Waals surface area contributed by atoms with Gasteiger partial charge in [0.05, 0.1) is 18.6 Å². The minimum atomic E-state index is -0.00846. The summed E-state index contributed by atoms with van der Waals surface area (Å²) in [5.74, 6) is 0.582. The van der Waals surface area contributed by atoms with Gasteiger partial charge in [0.1, 0.15) is 0 Å². The number of ether oxygens (including phenoxy) is 2. The third kappa shape index (κ3) is 3.48. The van der Waals surface area contributed by atoms with Gasteiger partial charge in [-0.3, -0.25) is 4.79 Å². The maximum Gasteiger partial charge on any atom is 0.309 e. The standard InChI is InChI=1S/C13H24O3/c1-4-12(13(14)16-5-2)10-6-8-11(15-3)9-7-10/h10-12H,4-9H2,1-3H3/t10?,11?,12-/m1/s1. The second kappa shape index (κ2) is 6.89. The summed E-state index contributed by atoms with van der Waals surface area (Å²) < 4.78 is 10.5. The second-order valence-electron chi connectivity index (χ2n) is 4.54. The molecule has 1 saturated carbocycles. The average Bonchev–Trinajstić information content (AvgIpc) is 2.31. The highest BCUT2D eigenvalue weighted by molar-refractivity contribution is 5.72. The molecule has 3 nitrogen and oxygen atoms in total. The lowest BCUT2D eigenvalue weighted by Gasteiger charge is -2.31. The maximum atomic E-state index is 11.8. The zero-order valence-corrected chi connectivity index (χ0v) is 10.7. The molecule has 0 aromatic rings. The van der Waals surface area contributed by atoms with Crippen molar-refractivity contribution >= 4 is 5.97 Å². The third-order valence-electron chi connectivity index (χ3n) is 3.65. The Morgan fingerprint density at radius 1 is 1.25 bits per heavy atom. The molecule has 1 fully saturated rings. The van der Waals surface area contributed by atoms with E-state index in [1.54, 1.807) is 7.11 Å². The van der Waals surface area contributed by atoms with Crippen molar-refractivity contribution in [3.63, 3.8) is 0 Å². The molecule has 0 aromatic heterocycles. The van der Waals surface area contributed by atoms with Gasteiger partial charge in [-0.1, -0.05) is 6.92 Å². The van der Waals surface area contributed by atoms with Gasteiger partial charge in [0.25, 0.3) is 0 Å². The molecule has 16 heavy (non-hydrogen) atoms. The van der Waals surface area contributed by atoms with Crippen LogP contribution in [0.3, 0.4) is 0 Å². The van der Waals surface area contributed by atoms with Crippen LogP contribution in [0.15, 0.2) is 0 Å². The molecule has 0 unspecified atom stereocenters. The van der Waals surface area contributed by atoms with Crippen LogP contribution in [0.4, 0.5) is 0 Å². The van der Waals surface area contributed by atoms with E-state index in [1.165, 1.54) is 0 Å². The van der Waals surface area contributed by atoms with Crippen LogP contribution in [0.25, 0.3) is 0 Å². The van der Waals surface area contributed by atoms with Crippen molar-refractivity contribution in [3.8, 4) is 0 Å². The fourth-order valence-electron chi connectivity index (χ4n) is 2.67. The van der Waals surface area contributed by atoms with E-state index in [9.17, 15) is 4.79 Å². The van der Waals surface area contributed by atoms with Gasteiger partial charge >= 0.3 is 5.97 Å². The van der Waals surface area contributed by atoms with E-state index >= 15 is 0 Å². The van der Waals surface area contributed by atoms with Crippen LogP contribution in [-0.2, 0) is 14.3 Å². The van der Waals surface area contributed by atoms with Crippen LogP contribution in [0.5, 0.6) is 0 Å². The molecule has 0 N–H and O–H groups in total. The van der Waals surface area contributed by atoms with Crippen LogP contribution < -0.4 is 0 Å². The number of carbonyl (C=O) groups excluding carboxylic acids is 1. The van der Waals surface area contributed by atoms with Crippen molar-refractivity contribution in [2.45, 2.75) is 52.1 Å². The van der Waals surface area contributed by atoms with Crippen molar-refractivity contribution < 1.29 is 14.3 Å². The molecule has 0 aromatic carbocycles. The number of hydrogen-bond acceptors (Lipinski definition) is 3. The van der Waals surface area contributed by atoms with Crippen LogP contribution in [0.2, 0.25) is 0 Å². The number of carbonyl (C=O) groups is 1. The molecule has 0 heterocycles. The van der Waals surface area contributed by atoms with Gasteiger partial charge in [0.15, 0.2) is 0 Å². The highest BCUT2D eigenvalue weighted by Gasteiger charge is 2.31. The van der Waals surface area contributed by atoms with E-state index in [0.717, 1.165) is 32.1 Å². The quantitative estimate of drug-likeness (QED) is 0.679. The topological polar surface area (TPSA) is 35.5 Å².